The summed E-state index contributed by atoms with van der Waals surface area (Å²) in [7, 11) is 0. The lowest BCUT2D eigenvalue weighted by molar-refractivity contribution is 0.153. The van der Waals surface area contributed by atoms with Crippen LogP contribution in [0.4, 0.5) is 0 Å². The van der Waals surface area contributed by atoms with Gasteiger partial charge in [-0.3, -0.25) is 14.9 Å². The van der Waals surface area contributed by atoms with Gasteiger partial charge in [-0.05, 0) is 72.4 Å². The number of H-pyrrole nitrogens is 1. The topological polar surface area (TPSA) is 69.7 Å². The van der Waals surface area contributed by atoms with Crippen LogP contribution in [-0.2, 0) is 32.6 Å². The second-order valence-electron chi connectivity index (χ2n) is 9.95. The van der Waals surface area contributed by atoms with Crippen LogP contribution in [0.1, 0.15) is 52.8 Å². The van der Waals surface area contributed by atoms with E-state index < -0.39 is 0 Å². The summed E-state index contributed by atoms with van der Waals surface area (Å²) in [5.74, 6) is 0.945. The van der Waals surface area contributed by atoms with Gasteiger partial charge in [0.05, 0.1) is 35.0 Å². The molecule has 1 aliphatic rings. The fraction of sp³-hybridized carbons (Fsp3) is 0.258. The van der Waals surface area contributed by atoms with Crippen LogP contribution in [0, 0.1) is 0 Å². The van der Waals surface area contributed by atoms with Crippen LogP contribution in [0.2, 0.25) is 5.02 Å². The molecule has 200 valence electrons. The third-order valence-electron chi connectivity index (χ3n) is 7.22. The molecule has 0 fully saturated rings. The van der Waals surface area contributed by atoms with E-state index >= 15 is 0 Å². The van der Waals surface area contributed by atoms with E-state index in [0.717, 1.165) is 61.4 Å². The predicted octanol–water partition coefficient (Wildman–Crippen LogP) is 6.95. The summed E-state index contributed by atoms with van der Waals surface area (Å²) in [6.45, 7) is 3.09. The van der Waals surface area contributed by atoms with Crippen molar-refractivity contribution in [2.75, 3.05) is 0 Å². The molecular weight excluding hydrogens is 572 g/mol. The first-order valence-corrected chi connectivity index (χ1v) is 13.6. The molecule has 1 atom stereocenters. The minimum atomic E-state index is 0. The first-order valence-electron chi connectivity index (χ1n) is 13.2. The van der Waals surface area contributed by atoms with Gasteiger partial charge in [0.2, 0.25) is 0 Å². The Bertz CT molecular complexity index is 1510. The highest BCUT2D eigenvalue weighted by Gasteiger charge is 2.28. The normalized spacial score (nSPS) is 14.8. The summed E-state index contributed by atoms with van der Waals surface area (Å²) in [6, 6.07) is 25.2. The first kappa shape index (κ1) is 27.5. The van der Waals surface area contributed by atoms with E-state index in [0.29, 0.717) is 11.6 Å². The number of nitrogens with zero attached hydrogens (tertiary/aromatic N) is 4. The number of nitrogens with one attached hydrogen (secondary N) is 2. The molecule has 6 rings (SSSR count). The molecule has 3 aromatic heterocycles. The quantitative estimate of drug-likeness (QED) is 0.191. The Morgan fingerprint density at radius 1 is 0.897 bits per heavy atom. The molecule has 0 aliphatic heterocycles. The maximum Gasteiger partial charge on any atom is 0.121 e. The molecule has 0 amide bonds. The third kappa shape index (κ3) is 6.73. The molecule has 39 heavy (non-hydrogen) atoms. The van der Waals surface area contributed by atoms with E-state index in [1.165, 1.54) is 22.4 Å². The maximum absolute atomic E-state index is 6.22. The van der Waals surface area contributed by atoms with Gasteiger partial charge in [0.25, 0.3) is 0 Å². The highest BCUT2D eigenvalue weighted by Crippen LogP contribution is 2.34. The highest BCUT2D eigenvalue weighted by atomic mass is 79.9. The molecule has 2 N–H and O–H groups in total. The average molecular weight is 604 g/mol. The fourth-order valence-electron chi connectivity index (χ4n) is 5.35. The SMILES string of the molecule is Br.Clc1ccc2nc(CN(Cc3ccc(CNCc4ccccn4)cc3)C3CCCc4cccnc43)[nH]c2c1. The van der Waals surface area contributed by atoms with Gasteiger partial charge in [-0.15, -0.1) is 17.0 Å². The van der Waals surface area contributed by atoms with Crippen molar-refractivity contribution >= 4 is 39.6 Å². The number of pyridine rings is 2. The van der Waals surface area contributed by atoms with Crippen molar-refractivity contribution in [2.24, 2.45) is 0 Å². The summed E-state index contributed by atoms with van der Waals surface area (Å²) in [4.78, 5) is 20.1. The zero-order chi connectivity index (χ0) is 25.7. The van der Waals surface area contributed by atoms with Crippen LogP contribution in [0.3, 0.4) is 0 Å². The highest BCUT2D eigenvalue weighted by molar-refractivity contribution is 8.93. The van der Waals surface area contributed by atoms with E-state index in [-0.39, 0.29) is 23.0 Å². The molecule has 0 bridgehead atoms. The van der Waals surface area contributed by atoms with E-state index in [2.05, 4.69) is 56.6 Å². The Morgan fingerprint density at radius 2 is 1.74 bits per heavy atom. The Balaban J connectivity index is 0.00000308. The Kier molecular flexibility index (Phi) is 9.04. The Morgan fingerprint density at radius 3 is 2.59 bits per heavy atom. The summed E-state index contributed by atoms with van der Waals surface area (Å²) in [5, 5.41) is 4.20. The predicted molar refractivity (Wildman–Crippen MR) is 162 cm³/mol. The standard InChI is InChI=1S/C31H31ClN6.BrH/c32-25-13-14-27-28(17-25)37-30(36-27)21-38(29-8-3-5-24-6-4-16-35-31(24)29)20-23-11-9-22(10-12-23)18-33-19-26-7-1-2-15-34-26;/h1-2,4,6-7,9-17,29,33H,3,5,8,18-21H2,(H,36,37);1H. The van der Waals surface area contributed by atoms with Crippen molar-refractivity contribution < 1.29 is 0 Å². The Hall–Kier alpha value is -3.10. The molecule has 6 nitrogen and oxygen atoms in total. The van der Waals surface area contributed by atoms with E-state index in [1.54, 1.807) is 0 Å². The molecule has 2 aromatic carbocycles. The second kappa shape index (κ2) is 12.8. The molecule has 0 saturated carbocycles. The van der Waals surface area contributed by atoms with Crippen LogP contribution in [-0.4, -0.2) is 24.8 Å². The fourth-order valence-corrected chi connectivity index (χ4v) is 5.53. The van der Waals surface area contributed by atoms with E-state index in [1.807, 2.05) is 48.8 Å². The van der Waals surface area contributed by atoms with Gasteiger partial charge in [-0.2, -0.15) is 0 Å². The van der Waals surface area contributed by atoms with Gasteiger partial charge >= 0.3 is 0 Å². The molecule has 0 saturated heterocycles. The molecule has 8 heteroatoms. The zero-order valence-electron chi connectivity index (χ0n) is 21.7. The average Bonchev–Trinajstić information content (AvgIpc) is 3.35. The zero-order valence-corrected chi connectivity index (χ0v) is 24.2. The van der Waals surface area contributed by atoms with Gasteiger partial charge in [0.1, 0.15) is 5.82 Å². The van der Waals surface area contributed by atoms with Crippen molar-refractivity contribution in [3.8, 4) is 0 Å². The molecular formula is C31H32BrClN6. The van der Waals surface area contributed by atoms with E-state index in [4.69, 9.17) is 21.6 Å². The lowest BCUT2D eigenvalue weighted by Gasteiger charge is -2.34. The minimum absolute atomic E-state index is 0. The van der Waals surface area contributed by atoms with Crippen LogP contribution < -0.4 is 5.32 Å². The van der Waals surface area contributed by atoms with Gasteiger partial charge < -0.3 is 10.3 Å². The summed E-state index contributed by atoms with van der Waals surface area (Å²) < 4.78 is 0. The van der Waals surface area contributed by atoms with Crippen LogP contribution >= 0.6 is 28.6 Å². The van der Waals surface area contributed by atoms with Gasteiger partial charge in [0.15, 0.2) is 0 Å². The summed E-state index contributed by atoms with van der Waals surface area (Å²) in [5.41, 5.74) is 8.06. The van der Waals surface area contributed by atoms with Gasteiger partial charge in [-0.1, -0.05) is 48.0 Å². The van der Waals surface area contributed by atoms with Gasteiger partial charge in [-0.25, -0.2) is 4.98 Å². The number of aryl methyl sites for hydroxylation is 1. The number of hydrogen-bond donors (Lipinski definition) is 2. The molecule has 1 aliphatic carbocycles. The van der Waals surface area contributed by atoms with Crippen molar-refractivity contribution in [1.29, 1.82) is 0 Å². The monoisotopic (exact) mass is 602 g/mol. The number of aromatic nitrogens is 4. The first-order chi connectivity index (χ1) is 18.7. The van der Waals surface area contributed by atoms with Crippen molar-refractivity contribution in [1.82, 2.24) is 30.2 Å². The summed E-state index contributed by atoms with van der Waals surface area (Å²) in [6.07, 6.45) is 7.10. The largest absolute Gasteiger partial charge is 0.341 e. The van der Waals surface area contributed by atoms with Crippen molar-refractivity contribution in [2.45, 2.75) is 51.5 Å². The van der Waals surface area contributed by atoms with Crippen LogP contribution in [0.25, 0.3) is 11.0 Å². The second-order valence-corrected chi connectivity index (χ2v) is 10.4. The smallest absolute Gasteiger partial charge is 0.121 e. The van der Waals surface area contributed by atoms with Crippen molar-refractivity contribution in [3.63, 3.8) is 0 Å². The lowest BCUT2D eigenvalue weighted by Crippen LogP contribution is -2.31. The molecule has 3 heterocycles. The number of hydrogen-bond acceptors (Lipinski definition) is 5. The minimum Gasteiger partial charge on any atom is -0.341 e. The van der Waals surface area contributed by atoms with Crippen LogP contribution in [0.5, 0.6) is 0 Å². The lowest BCUT2D eigenvalue weighted by atomic mass is 9.90. The Labute approximate surface area is 244 Å². The molecule has 0 radical (unpaired) electrons. The number of halogens is 2. The summed E-state index contributed by atoms with van der Waals surface area (Å²) >= 11 is 6.22. The number of benzene rings is 2. The number of rotatable bonds is 9. The third-order valence-corrected chi connectivity index (χ3v) is 7.46. The molecule has 5 aromatic rings. The maximum atomic E-state index is 6.22. The molecule has 1 unspecified atom stereocenters. The number of aromatic amines is 1. The van der Waals surface area contributed by atoms with E-state index in [9.17, 15) is 0 Å². The number of fused-ring (bicyclic) bond motifs is 2. The van der Waals surface area contributed by atoms with Gasteiger partial charge in [0, 0.05) is 37.1 Å². The van der Waals surface area contributed by atoms with Crippen molar-refractivity contribution in [3.05, 3.63) is 124 Å². The molecule has 0 spiro atoms. The number of imidazole rings is 1. The van der Waals surface area contributed by atoms with Crippen LogP contribution in [0.15, 0.2) is 85.2 Å².